The number of hydrogen-bond donors (Lipinski definition) is 0. The minimum absolute atomic E-state index is 0.140. The molecule has 0 spiro atoms. The summed E-state index contributed by atoms with van der Waals surface area (Å²) in [4.78, 5) is 17.6. The summed E-state index contributed by atoms with van der Waals surface area (Å²) < 4.78 is 6.24. The van der Waals surface area contributed by atoms with Gasteiger partial charge in [0.25, 0.3) is 5.91 Å². The summed E-state index contributed by atoms with van der Waals surface area (Å²) in [6, 6.07) is 10.1. The van der Waals surface area contributed by atoms with Gasteiger partial charge >= 0.3 is 0 Å². The van der Waals surface area contributed by atoms with Crippen molar-refractivity contribution in [2.24, 2.45) is 0 Å². The van der Waals surface area contributed by atoms with Crippen LogP contribution in [0.2, 0.25) is 0 Å². The molecule has 1 amide bonds. The van der Waals surface area contributed by atoms with E-state index in [9.17, 15) is 4.79 Å². The van der Waals surface area contributed by atoms with Crippen LogP contribution in [0.4, 0.5) is 0 Å². The number of hydrogen-bond acceptors (Lipinski definition) is 4. The molecular weight excluding hydrogens is 376 g/mol. The maximum atomic E-state index is 12.4. The van der Waals surface area contributed by atoms with Gasteiger partial charge in [-0.15, -0.1) is 11.3 Å². The number of amides is 1. The van der Waals surface area contributed by atoms with E-state index >= 15 is 0 Å². The van der Waals surface area contributed by atoms with Gasteiger partial charge in [-0.2, -0.15) is 0 Å². The molecule has 122 valence electrons. The molecule has 1 aliphatic heterocycles. The smallest absolute Gasteiger partial charge is 0.264 e. The summed E-state index contributed by atoms with van der Waals surface area (Å²) >= 11 is 4.90. The van der Waals surface area contributed by atoms with Gasteiger partial charge in [0.05, 0.1) is 12.0 Å². The van der Waals surface area contributed by atoms with E-state index in [0.29, 0.717) is 0 Å². The van der Waals surface area contributed by atoms with E-state index in [1.807, 2.05) is 28.5 Å². The van der Waals surface area contributed by atoms with E-state index in [4.69, 9.17) is 4.74 Å². The maximum absolute atomic E-state index is 12.4. The Balaban J connectivity index is 1.55. The number of rotatable bonds is 4. The highest BCUT2D eigenvalue weighted by Gasteiger charge is 2.23. The predicted molar refractivity (Wildman–Crippen MR) is 96.2 cm³/mol. The highest BCUT2D eigenvalue weighted by atomic mass is 79.9. The first-order chi connectivity index (χ1) is 11.2. The summed E-state index contributed by atoms with van der Waals surface area (Å²) in [5.41, 5.74) is 1.24. The maximum Gasteiger partial charge on any atom is 0.264 e. The highest BCUT2D eigenvalue weighted by molar-refractivity contribution is 9.10. The summed E-state index contributed by atoms with van der Waals surface area (Å²) in [5, 5.41) is 1.95. The van der Waals surface area contributed by atoms with Crippen LogP contribution in [0.15, 0.2) is 40.2 Å². The van der Waals surface area contributed by atoms with Gasteiger partial charge in [0.2, 0.25) is 0 Å². The normalized spacial score (nSPS) is 15.7. The van der Waals surface area contributed by atoms with Crippen LogP contribution in [-0.4, -0.2) is 49.0 Å². The second kappa shape index (κ2) is 7.47. The molecule has 1 aromatic heterocycles. The zero-order valence-electron chi connectivity index (χ0n) is 13.0. The van der Waals surface area contributed by atoms with E-state index in [0.717, 1.165) is 47.8 Å². The Morgan fingerprint density at radius 1 is 1.26 bits per heavy atom. The van der Waals surface area contributed by atoms with Crippen LogP contribution in [-0.2, 0) is 6.54 Å². The minimum atomic E-state index is 0.140. The largest absolute Gasteiger partial charge is 0.497 e. The van der Waals surface area contributed by atoms with Crippen molar-refractivity contribution in [1.82, 2.24) is 9.80 Å². The van der Waals surface area contributed by atoms with Gasteiger partial charge in [0, 0.05) is 42.6 Å². The highest BCUT2D eigenvalue weighted by Crippen LogP contribution is 2.22. The van der Waals surface area contributed by atoms with Gasteiger partial charge in [-0.25, -0.2) is 0 Å². The Kier molecular flexibility index (Phi) is 5.35. The zero-order valence-corrected chi connectivity index (χ0v) is 15.4. The summed E-state index contributed by atoms with van der Waals surface area (Å²) in [6.07, 6.45) is 0. The fourth-order valence-corrected chi connectivity index (χ4v) is 4.11. The molecule has 4 nitrogen and oxygen atoms in total. The molecule has 1 aromatic carbocycles. The van der Waals surface area contributed by atoms with Crippen molar-refractivity contribution in [3.63, 3.8) is 0 Å². The predicted octanol–water partition coefficient (Wildman–Crippen LogP) is 3.48. The lowest BCUT2D eigenvalue weighted by Gasteiger charge is -2.34. The summed E-state index contributed by atoms with van der Waals surface area (Å²) in [7, 11) is 1.69. The number of ether oxygens (including phenoxy) is 1. The van der Waals surface area contributed by atoms with E-state index in [-0.39, 0.29) is 5.91 Å². The molecule has 0 saturated carbocycles. The van der Waals surface area contributed by atoms with Crippen molar-refractivity contribution in [3.8, 4) is 5.75 Å². The molecule has 2 aromatic rings. The lowest BCUT2D eigenvalue weighted by molar-refractivity contribution is 0.0633. The number of thiophene rings is 1. The Bertz CT molecular complexity index is 681. The summed E-state index contributed by atoms with van der Waals surface area (Å²) in [5.74, 6) is 1.03. The van der Waals surface area contributed by atoms with Crippen molar-refractivity contribution in [3.05, 3.63) is 50.6 Å². The standard InChI is InChI=1S/C17H19BrN2O2S/c1-22-15-4-2-3-13(9-15)11-19-5-7-20(8-6-19)17(21)16-10-14(18)12-23-16/h2-4,9-10,12H,5-8,11H2,1H3. The molecule has 1 fully saturated rings. The fraction of sp³-hybridized carbons (Fsp3) is 0.353. The van der Waals surface area contributed by atoms with Gasteiger partial charge < -0.3 is 9.64 Å². The SMILES string of the molecule is COc1cccc(CN2CCN(C(=O)c3cc(Br)cs3)CC2)c1. The van der Waals surface area contributed by atoms with Crippen LogP contribution < -0.4 is 4.74 Å². The Labute approximate surface area is 148 Å². The van der Waals surface area contributed by atoms with Crippen molar-refractivity contribution in [1.29, 1.82) is 0 Å². The fourth-order valence-electron chi connectivity index (χ4n) is 2.72. The van der Waals surface area contributed by atoms with Crippen molar-refractivity contribution in [2.75, 3.05) is 33.3 Å². The van der Waals surface area contributed by atoms with Crippen LogP contribution in [0, 0.1) is 0 Å². The number of methoxy groups -OCH3 is 1. The van der Waals surface area contributed by atoms with Crippen molar-refractivity contribution in [2.45, 2.75) is 6.54 Å². The quantitative estimate of drug-likeness (QED) is 0.795. The van der Waals surface area contributed by atoms with E-state index < -0.39 is 0 Å². The third-order valence-electron chi connectivity index (χ3n) is 3.98. The van der Waals surface area contributed by atoms with Gasteiger partial charge in [0.15, 0.2) is 0 Å². The number of carbonyl (C=O) groups is 1. The molecule has 0 radical (unpaired) electrons. The average Bonchev–Trinajstić information content (AvgIpc) is 3.01. The van der Waals surface area contributed by atoms with Gasteiger partial charge in [-0.1, -0.05) is 12.1 Å². The second-order valence-corrected chi connectivity index (χ2v) is 7.38. The first-order valence-corrected chi connectivity index (χ1v) is 9.21. The molecule has 6 heteroatoms. The van der Waals surface area contributed by atoms with E-state index in [2.05, 4.69) is 33.0 Å². The minimum Gasteiger partial charge on any atom is -0.497 e. The van der Waals surface area contributed by atoms with E-state index in [1.165, 1.54) is 16.9 Å². The first kappa shape index (κ1) is 16.5. The number of piperazine rings is 1. The third kappa shape index (κ3) is 4.13. The van der Waals surface area contributed by atoms with Gasteiger partial charge in [0.1, 0.15) is 5.75 Å². The molecule has 0 atom stereocenters. The van der Waals surface area contributed by atoms with Crippen LogP contribution in [0.1, 0.15) is 15.2 Å². The van der Waals surface area contributed by atoms with E-state index in [1.54, 1.807) is 7.11 Å². The molecule has 0 aliphatic carbocycles. The third-order valence-corrected chi connectivity index (χ3v) is 5.66. The number of nitrogens with zero attached hydrogens (tertiary/aromatic N) is 2. The lowest BCUT2D eigenvalue weighted by Crippen LogP contribution is -2.48. The van der Waals surface area contributed by atoms with Crippen LogP contribution in [0.3, 0.4) is 0 Å². The number of benzene rings is 1. The Hall–Kier alpha value is -1.37. The molecule has 0 unspecified atom stereocenters. The molecular formula is C17H19BrN2O2S. The van der Waals surface area contributed by atoms with Gasteiger partial charge in [-0.05, 0) is 39.7 Å². The average molecular weight is 395 g/mol. The molecule has 3 rings (SSSR count). The lowest BCUT2D eigenvalue weighted by atomic mass is 10.2. The molecule has 0 N–H and O–H groups in total. The molecule has 23 heavy (non-hydrogen) atoms. The molecule has 0 bridgehead atoms. The first-order valence-electron chi connectivity index (χ1n) is 7.54. The van der Waals surface area contributed by atoms with Crippen LogP contribution in [0.25, 0.3) is 0 Å². The molecule has 2 heterocycles. The topological polar surface area (TPSA) is 32.8 Å². The number of halogens is 1. The van der Waals surface area contributed by atoms with Crippen molar-refractivity contribution >= 4 is 33.2 Å². The van der Waals surface area contributed by atoms with Crippen LogP contribution >= 0.6 is 27.3 Å². The molecule has 1 aliphatic rings. The second-order valence-electron chi connectivity index (χ2n) is 5.55. The molecule has 1 saturated heterocycles. The zero-order chi connectivity index (χ0) is 16.2. The van der Waals surface area contributed by atoms with Crippen molar-refractivity contribution < 1.29 is 9.53 Å². The Morgan fingerprint density at radius 3 is 2.70 bits per heavy atom. The number of carbonyl (C=O) groups excluding carboxylic acids is 1. The Morgan fingerprint density at radius 2 is 2.04 bits per heavy atom. The van der Waals surface area contributed by atoms with Crippen LogP contribution in [0.5, 0.6) is 5.75 Å². The summed E-state index contributed by atoms with van der Waals surface area (Å²) in [6.45, 7) is 4.24. The monoisotopic (exact) mass is 394 g/mol. The van der Waals surface area contributed by atoms with Gasteiger partial charge in [-0.3, -0.25) is 9.69 Å².